The second-order valence-corrected chi connectivity index (χ2v) is 6.38. The van der Waals surface area contributed by atoms with E-state index in [1.165, 1.54) is 0 Å². The number of nitrogens with zero attached hydrogens (tertiary/aromatic N) is 3. The molecule has 7 heteroatoms. The summed E-state index contributed by atoms with van der Waals surface area (Å²) in [4.78, 5) is 25.6. The zero-order valence-corrected chi connectivity index (χ0v) is 14.8. The lowest BCUT2D eigenvalue weighted by molar-refractivity contribution is -0.143. The number of carboxylic acid groups (broad SMARTS) is 1. The zero-order chi connectivity index (χ0) is 18.5. The third-order valence-corrected chi connectivity index (χ3v) is 4.53. The fourth-order valence-corrected chi connectivity index (χ4v) is 3.24. The first kappa shape index (κ1) is 18.1. The number of benzene rings is 1. The van der Waals surface area contributed by atoms with Crippen molar-refractivity contribution in [3.63, 3.8) is 0 Å². The molecule has 0 saturated carbocycles. The van der Waals surface area contributed by atoms with Gasteiger partial charge in [-0.3, -0.25) is 14.3 Å². The van der Waals surface area contributed by atoms with Crippen LogP contribution >= 0.6 is 0 Å². The predicted octanol–water partition coefficient (Wildman–Crippen LogP) is 2.02. The standard InChI is InChI=1S/C19H23N3O4/c1-26-18(14-6-3-2-4-7-14)19(25)21-10-5-11-22-16(13-21)12-15(20-22)8-9-17(23)24/h2-4,6-7,12,18H,5,8-11,13H2,1H3,(H,23,24)/t18-/m0/s1. The minimum atomic E-state index is -0.837. The van der Waals surface area contributed by atoms with Gasteiger partial charge in [0, 0.05) is 26.6 Å². The first-order valence-electron chi connectivity index (χ1n) is 8.72. The summed E-state index contributed by atoms with van der Waals surface area (Å²) in [5.41, 5.74) is 2.52. The van der Waals surface area contributed by atoms with E-state index in [0.717, 1.165) is 29.9 Å². The molecule has 2 aromatic rings. The number of aliphatic carboxylic acids is 1. The number of fused-ring (bicyclic) bond motifs is 1. The number of amides is 1. The van der Waals surface area contributed by atoms with Crippen LogP contribution in [0.5, 0.6) is 0 Å². The van der Waals surface area contributed by atoms with E-state index < -0.39 is 12.1 Å². The topological polar surface area (TPSA) is 84.7 Å². The molecule has 0 bridgehead atoms. The van der Waals surface area contributed by atoms with Gasteiger partial charge >= 0.3 is 5.97 Å². The number of carbonyl (C=O) groups excluding carboxylic acids is 1. The number of aromatic nitrogens is 2. The van der Waals surface area contributed by atoms with Crippen molar-refractivity contribution >= 4 is 11.9 Å². The third-order valence-electron chi connectivity index (χ3n) is 4.53. The minimum Gasteiger partial charge on any atom is -0.481 e. The number of carboxylic acids is 1. The van der Waals surface area contributed by atoms with E-state index in [2.05, 4.69) is 5.10 Å². The number of ether oxygens (including phenoxy) is 1. The molecule has 7 nitrogen and oxygen atoms in total. The normalized spacial score (nSPS) is 15.2. The average Bonchev–Trinajstić information content (AvgIpc) is 2.91. The molecule has 0 radical (unpaired) electrons. The maximum atomic E-state index is 13.0. The number of hydrogen-bond donors (Lipinski definition) is 1. The Balaban J connectivity index is 1.75. The molecule has 2 heterocycles. The lowest BCUT2D eigenvalue weighted by Crippen LogP contribution is -2.35. The average molecular weight is 357 g/mol. The van der Waals surface area contributed by atoms with Crippen molar-refractivity contribution in [1.82, 2.24) is 14.7 Å². The van der Waals surface area contributed by atoms with Crippen LogP contribution in [0, 0.1) is 0 Å². The molecular weight excluding hydrogens is 334 g/mol. The largest absolute Gasteiger partial charge is 0.481 e. The molecule has 1 aliphatic rings. The number of aryl methyl sites for hydroxylation is 2. The Kier molecular flexibility index (Phi) is 5.68. The summed E-state index contributed by atoms with van der Waals surface area (Å²) in [5.74, 6) is -0.906. The number of rotatable bonds is 6. The van der Waals surface area contributed by atoms with Gasteiger partial charge in [-0.2, -0.15) is 5.10 Å². The molecule has 1 aromatic carbocycles. The van der Waals surface area contributed by atoms with Crippen LogP contribution in [0.1, 0.15) is 35.9 Å². The van der Waals surface area contributed by atoms with E-state index in [9.17, 15) is 9.59 Å². The van der Waals surface area contributed by atoms with E-state index >= 15 is 0 Å². The Hall–Kier alpha value is -2.67. The molecule has 0 fully saturated rings. The summed E-state index contributed by atoms with van der Waals surface area (Å²) in [7, 11) is 1.54. The van der Waals surface area contributed by atoms with Crippen molar-refractivity contribution in [3.8, 4) is 0 Å². The molecule has 1 N–H and O–H groups in total. The molecule has 26 heavy (non-hydrogen) atoms. The molecule has 1 atom stereocenters. The molecule has 0 spiro atoms. The molecule has 1 aromatic heterocycles. The Morgan fingerprint density at radius 1 is 1.27 bits per heavy atom. The highest BCUT2D eigenvalue weighted by atomic mass is 16.5. The summed E-state index contributed by atoms with van der Waals surface area (Å²) in [5, 5.41) is 13.3. The lowest BCUT2D eigenvalue weighted by Gasteiger charge is -2.25. The SMILES string of the molecule is CO[C@H](C(=O)N1CCCn2nc(CCC(=O)O)cc2C1)c1ccccc1. The predicted molar refractivity (Wildman–Crippen MR) is 94.4 cm³/mol. The van der Waals surface area contributed by atoms with Gasteiger partial charge < -0.3 is 14.7 Å². The van der Waals surface area contributed by atoms with Gasteiger partial charge in [0.25, 0.3) is 5.91 Å². The highest BCUT2D eigenvalue weighted by molar-refractivity contribution is 5.82. The van der Waals surface area contributed by atoms with Crippen LogP contribution in [0.4, 0.5) is 0 Å². The number of hydrogen-bond acceptors (Lipinski definition) is 4. The zero-order valence-electron chi connectivity index (χ0n) is 14.8. The molecule has 0 saturated heterocycles. The van der Waals surface area contributed by atoms with Gasteiger partial charge in [0.15, 0.2) is 6.10 Å². The molecule has 1 amide bonds. The summed E-state index contributed by atoms with van der Waals surface area (Å²) in [6.45, 7) is 1.81. The first-order valence-corrected chi connectivity index (χ1v) is 8.72. The van der Waals surface area contributed by atoms with Crippen LogP contribution in [0.25, 0.3) is 0 Å². The van der Waals surface area contributed by atoms with Crippen molar-refractivity contribution in [2.75, 3.05) is 13.7 Å². The highest BCUT2D eigenvalue weighted by Gasteiger charge is 2.28. The molecule has 0 unspecified atom stereocenters. The summed E-state index contributed by atoms with van der Waals surface area (Å²) < 4.78 is 7.36. The van der Waals surface area contributed by atoms with E-state index in [1.54, 1.807) is 12.0 Å². The maximum Gasteiger partial charge on any atom is 0.303 e. The van der Waals surface area contributed by atoms with Crippen LogP contribution < -0.4 is 0 Å². The minimum absolute atomic E-state index is 0.0544. The maximum absolute atomic E-state index is 13.0. The number of carbonyl (C=O) groups is 2. The molecular formula is C19H23N3O4. The highest BCUT2D eigenvalue weighted by Crippen LogP contribution is 2.22. The van der Waals surface area contributed by atoms with Crippen molar-refractivity contribution in [3.05, 3.63) is 53.3 Å². The van der Waals surface area contributed by atoms with Crippen LogP contribution in [-0.2, 0) is 33.8 Å². The van der Waals surface area contributed by atoms with Gasteiger partial charge in [0.1, 0.15) is 0 Å². The fourth-order valence-electron chi connectivity index (χ4n) is 3.24. The van der Waals surface area contributed by atoms with Crippen molar-refractivity contribution in [1.29, 1.82) is 0 Å². The second-order valence-electron chi connectivity index (χ2n) is 6.38. The van der Waals surface area contributed by atoms with Gasteiger partial charge in [-0.15, -0.1) is 0 Å². The second kappa shape index (κ2) is 8.14. The fraction of sp³-hybridized carbons (Fsp3) is 0.421. The van der Waals surface area contributed by atoms with Gasteiger partial charge in [-0.05, 0) is 18.1 Å². The molecule has 1 aliphatic heterocycles. The Morgan fingerprint density at radius 3 is 2.73 bits per heavy atom. The molecule has 138 valence electrons. The summed E-state index contributed by atoms with van der Waals surface area (Å²) in [6, 6.07) is 11.4. The lowest BCUT2D eigenvalue weighted by atomic mass is 10.1. The van der Waals surface area contributed by atoms with Crippen LogP contribution in [0.15, 0.2) is 36.4 Å². The van der Waals surface area contributed by atoms with Gasteiger partial charge in [-0.1, -0.05) is 30.3 Å². The Labute approximate surface area is 152 Å². The summed E-state index contributed by atoms with van der Waals surface area (Å²) in [6.07, 6.45) is 0.619. The van der Waals surface area contributed by atoms with E-state index in [-0.39, 0.29) is 12.3 Å². The van der Waals surface area contributed by atoms with Gasteiger partial charge in [0.2, 0.25) is 0 Å². The van der Waals surface area contributed by atoms with E-state index in [1.807, 2.05) is 41.1 Å². The first-order chi connectivity index (χ1) is 12.6. The molecule has 3 rings (SSSR count). The van der Waals surface area contributed by atoms with E-state index in [4.69, 9.17) is 9.84 Å². The molecule has 0 aliphatic carbocycles. The van der Waals surface area contributed by atoms with Crippen molar-refractivity contribution in [2.45, 2.75) is 38.5 Å². The number of methoxy groups -OCH3 is 1. The Bertz CT molecular complexity index is 772. The van der Waals surface area contributed by atoms with Crippen LogP contribution in [0.3, 0.4) is 0 Å². The van der Waals surface area contributed by atoms with Crippen LogP contribution in [0.2, 0.25) is 0 Å². The van der Waals surface area contributed by atoms with Gasteiger partial charge in [0.05, 0.1) is 24.4 Å². The Morgan fingerprint density at radius 2 is 2.04 bits per heavy atom. The van der Waals surface area contributed by atoms with E-state index in [0.29, 0.717) is 19.5 Å². The smallest absolute Gasteiger partial charge is 0.303 e. The summed E-state index contributed by atoms with van der Waals surface area (Å²) >= 11 is 0. The van der Waals surface area contributed by atoms with Gasteiger partial charge in [-0.25, -0.2) is 0 Å². The van der Waals surface area contributed by atoms with Crippen molar-refractivity contribution < 1.29 is 19.4 Å². The monoisotopic (exact) mass is 357 g/mol. The quantitative estimate of drug-likeness (QED) is 0.855. The third kappa shape index (κ3) is 4.11. The van der Waals surface area contributed by atoms with Crippen molar-refractivity contribution in [2.24, 2.45) is 0 Å². The van der Waals surface area contributed by atoms with Crippen LogP contribution in [-0.4, -0.2) is 45.3 Å².